The summed E-state index contributed by atoms with van der Waals surface area (Å²) in [6.07, 6.45) is 7.48. The largest absolute Gasteiger partial charge is 0.374 e. The Morgan fingerprint density at radius 1 is 1.21 bits per heavy atom. The van der Waals surface area contributed by atoms with Gasteiger partial charge in [-0.3, -0.25) is 4.98 Å². The molecule has 0 aliphatic carbocycles. The number of nitrogens with zero attached hydrogens (tertiary/aromatic N) is 1. The Morgan fingerprint density at radius 3 is 2.79 bits per heavy atom. The van der Waals surface area contributed by atoms with Crippen molar-refractivity contribution in [1.29, 1.82) is 0 Å². The Balaban J connectivity index is 1.71. The molecule has 1 saturated heterocycles. The van der Waals surface area contributed by atoms with E-state index in [1.54, 1.807) is 6.92 Å². The smallest absolute Gasteiger partial charge is 0.148 e. The minimum atomic E-state index is -1.10. The zero-order valence-electron chi connectivity index (χ0n) is 14.2. The van der Waals surface area contributed by atoms with Crippen LogP contribution in [0.2, 0.25) is 0 Å². The zero-order valence-corrected chi connectivity index (χ0v) is 14.2. The zero-order chi connectivity index (χ0) is 16.8. The SMILES string of the molecule is C[C@](O)(C#CC[NH+]1CCCC[C@@H]1c1cccnc1)c1ccccc1. The molecular weight excluding hydrogens is 296 g/mol. The number of hydrogen-bond acceptors (Lipinski definition) is 2. The van der Waals surface area contributed by atoms with Crippen LogP contribution in [0.3, 0.4) is 0 Å². The molecular formula is C21H25N2O+. The van der Waals surface area contributed by atoms with Gasteiger partial charge in [0, 0.05) is 24.4 Å². The number of benzene rings is 1. The molecule has 1 fully saturated rings. The van der Waals surface area contributed by atoms with E-state index in [2.05, 4.69) is 22.9 Å². The maximum atomic E-state index is 10.6. The van der Waals surface area contributed by atoms with Gasteiger partial charge >= 0.3 is 0 Å². The number of nitrogens with one attached hydrogen (secondary N) is 1. The Morgan fingerprint density at radius 2 is 2.04 bits per heavy atom. The van der Waals surface area contributed by atoms with Gasteiger partial charge in [0.1, 0.15) is 18.2 Å². The maximum Gasteiger partial charge on any atom is 0.148 e. The molecule has 3 rings (SSSR count). The molecule has 124 valence electrons. The van der Waals surface area contributed by atoms with Crippen LogP contribution in [0, 0.1) is 11.8 Å². The second kappa shape index (κ2) is 7.61. The Kier molecular flexibility index (Phi) is 5.30. The summed E-state index contributed by atoms with van der Waals surface area (Å²) in [4.78, 5) is 5.74. The summed E-state index contributed by atoms with van der Waals surface area (Å²) in [6.45, 7) is 3.64. The highest BCUT2D eigenvalue weighted by molar-refractivity contribution is 5.30. The fourth-order valence-electron chi connectivity index (χ4n) is 3.44. The first-order valence-corrected chi connectivity index (χ1v) is 8.69. The molecule has 2 aromatic rings. The Labute approximate surface area is 144 Å². The number of piperidine rings is 1. The van der Waals surface area contributed by atoms with E-state index in [1.807, 2.05) is 48.8 Å². The van der Waals surface area contributed by atoms with Gasteiger partial charge in [-0.2, -0.15) is 0 Å². The highest BCUT2D eigenvalue weighted by Crippen LogP contribution is 2.19. The number of aromatic nitrogens is 1. The van der Waals surface area contributed by atoms with Gasteiger partial charge in [0.15, 0.2) is 0 Å². The van der Waals surface area contributed by atoms with E-state index >= 15 is 0 Å². The van der Waals surface area contributed by atoms with Crippen molar-refractivity contribution in [1.82, 2.24) is 4.98 Å². The summed E-state index contributed by atoms with van der Waals surface area (Å²) in [7, 11) is 0. The van der Waals surface area contributed by atoms with Gasteiger partial charge in [-0.25, -0.2) is 0 Å². The molecule has 3 atom stereocenters. The van der Waals surface area contributed by atoms with Crippen LogP contribution in [-0.2, 0) is 5.60 Å². The predicted molar refractivity (Wildman–Crippen MR) is 95.3 cm³/mol. The van der Waals surface area contributed by atoms with Gasteiger partial charge in [-0.15, -0.1) is 0 Å². The monoisotopic (exact) mass is 321 g/mol. The number of pyridine rings is 1. The minimum Gasteiger partial charge on any atom is -0.374 e. The lowest BCUT2D eigenvalue weighted by molar-refractivity contribution is -0.930. The van der Waals surface area contributed by atoms with Crippen molar-refractivity contribution in [2.75, 3.05) is 13.1 Å². The summed E-state index contributed by atoms with van der Waals surface area (Å²) < 4.78 is 0. The van der Waals surface area contributed by atoms with E-state index < -0.39 is 5.60 Å². The van der Waals surface area contributed by atoms with E-state index in [0.29, 0.717) is 6.04 Å². The first-order valence-electron chi connectivity index (χ1n) is 8.69. The molecule has 0 saturated carbocycles. The average molecular weight is 321 g/mol. The molecule has 1 aliphatic rings. The fourth-order valence-corrected chi connectivity index (χ4v) is 3.44. The summed E-state index contributed by atoms with van der Waals surface area (Å²) in [5.41, 5.74) is 1.04. The van der Waals surface area contributed by atoms with Crippen LogP contribution in [0.15, 0.2) is 54.9 Å². The van der Waals surface area contributed by atoms with Crippen molar-refractivity contribution in [3.8, 4) is 11.8 Å². The molecule has 0 spiro atoms. The molecule has 0 radical (unpaired) electrons. The molecule has 24 heavy (non-hydrogen) atoms. The second-order valence-corrected chi connectivity index (χ2v) is 6.66. The first-order chi connectivity index (χ1) is 11.7. The molecule has 0 amide bonds. The third-order valence-corrected chi connectivity index (χ3v) is 4.80. The van der Waals surface area contributed by atoms with Crippen molar-refractivity contribution in [2.24, 2.45) is 0 Å². The van der Waals surface area contributed by atoms with Crippen LogP contribution in [0.4, 0.5) is 0 Å². The van der Waals surface area contributed by atoms with Gasteiger partial charge in [0.05, 0.1) is 6.54 Å². The number of quaternary nitrogens is 1. The molecule has 1 aliphatic heterocycles. The Bertz CT molecular complexity index is 701. The quantitative estimate of drug-likeness (QED) is 0.850. The molecule has 3 nitrogen and oxygen atoms in total. The molecule has 3 heteroatoms. The van der Waals surface area contributed by atoms with Gasteiger partial charge in [0.25, 0.3) is 0 Å². The third kappa shape index (κ3) is 4.03. The summed E-state index contributed by atoms with van der Waals surface area (Å²) >= 11 is 0. The highest BCUT2D eigenvalue weighted by Gasteiger charge is 2.27. The molecule has 2 heterocycles. The molecule has 1 unspecified atom stereocenters. The maximum absolute atomic E-state index is 10.6. The lowest BCUT2D eigenvalue weighted by atomic mass is 9.95. The topological polar surface area (TPSA) is 37.6 Å². The highest BCUT2D eigenvalue weighted by atomic mass is 16.3. The van der Waals surface area contributed by atoms with Crippen LogP contribution in [0.25, 0.3) is 0 Å². The average Bonchev–Trinajstić information content (AvgIpc) is 2.63. The summed E-state index contributed by atoms with van der Waals surface area (Å²) in [5, 5.41) is 10.6. The van der Waals surface area contributed by atoms with Crippen molar-refractivity contribution in [2.45, 2.75) is 37.8 Å². The lowest BCUT2D eigenvalue weighted by Gasteiger charge is -2.31. The van der Waals surface area contributed by atoms with Crippen molar-refractivity contribution < 1.29 is 10.0 Å². The normalized spacial score (nSPS) is 22.9. The fraction of sp³-hybridized carbons (Fsp3) is 0.381. The number of aliphatic hydroxyl groups is 1. The van der Waals surface area contributed by atoms with Crippen molar-refractivity contribution in [3.05, 3.63) is 66.0 Å². The van der Waals surface area contributed by atoms with Gasteiger partial charge in [-0.05, 0) is 37.3 Å². The molecule has 2 N–H and O–H groups in total. The van der Waals surface area contributed by atoms with Crippen molar-refractivity contribution >= 4 is 0 Å². The van der Waals surface area contributed by atoms with E-state index in [1.165, 1.54) is 29.7 Å². The molecule has 1 aromatic heterocycles. The predicted octanol–water partition coefficient (Wildman–Crippen LogP) is 2.10. The number of hydrogen-bond donors (Lipinski definition) is 2. The third-order valence-electron chi connectivity index (χ3n) is 4.80. The van der Waals surface area contributed by atoms with Crippen LogP contribution < -0.4 is 4.90 Å². The lowest BCUT2D eigenvalue weighted by Crippen LogP contribution is -3.13. The van der Waals surface area contributed by atoms with Crippen LogP contribution >= 0.6 is 0 Å². The van der Waals surface area contributed by atoms with Gasteiger partial charge in [0.2, 0.25) is 0 Å². The Hall–Kier alpha value is -2.15. The van der Waals surface area contributed by atoms with E-state index in [0.717, 1.165) is 18.7 Å². The van der Waals surface area contributed by atoms with E-state index in [9.17, 15) is 5.11 Å². The van der Waals surface area contributed by atoms with Gasteiger partial charge < -0.3 is 10.0 Å². The van der Waals surface area contributed by atoms with Crippen LogP contribution in [0.1, 0.15) is 43.4 Å². The first kappa shape index (κ1) is 16.7. The van der Waals surface area contributed by atoms with Crippen LogP contribution in [0.5, 0.6) is 0 Å². The van der Waals surface area contributed by atoms with Crippen molar-refractivity contribution in [3.63, 3.8) is 0 Å². The number of rotatable bonds is 3. The molecule has 0 bridgehead atoms. The van der Waals surface area contributed by atoms with E-state index in [-0.39, 0.29) is 0 Å². The second-order valence-electron chi connectivity index (χ2n) is 6.66. The van der Waals surface area contributed by atoms with E-state index in [4.69, 9.17) is 0 Å². The van der Waals surface area contributed by atoms with Crippen LogP contribution in [-0.4, -0.2) is 23.2 Å². The van der Waals surface area contributed by atoms with Gasteiger partial charge in [-0.1, -0.05) is 42.3 Å². The summed E-state index contributed by atoms with van der Waals surface area (Å²) in [6, 6.07) is 14.3. The number of likely N-dealkylation sites (tertiary alicyclic amines) is 1. The molecule has 1 aromatic carbocycles. The minimum absolute atomic E-state index is 0.462. The summed E-state index contributed by atoms with van der Waals surface area (Å²) in [5.74, 6) is 6.30. The standard InChI is InChI=1S/C21H24N2O/c1-21(24,19-10-3-2-4-11-19)13-8-16-23-15-6-5-12-20(23)18-9-7-14-22-17-18/h2-4,7,9-11,14,17,20,24H,5-6,12,15-16H2,1H3/p+1/t20-,21+/m1/s1.